The summed E-state index contributed by atoms with van der Waals surface area (Å²) in [6.45, 7) is 0. The molecule has 0 aromatic heterocycles. The summed E-state index contributed by atoms with van der Waals surface area (Å²) in [7, 11) is 1.59. The van der Waals surface area contributed by atoms with Gasteiger partial charge in [-0.2, -0.15) is 0 Å². The SMILES string of the molecule is CO[Si](C=CC(N)=O)(OC)OC. The second-order valence-corrected chi connectivity index (χ2v) is 4.72. The minimum atomic E-state index is -2.76. The second kappa shape index (κ2) is 5.04. The van der Waals surface area contributed by atoms with Gasteiger partial charge in [-0.15, -0.1) is 0 Å². The number of hydrogen-bond acceptors (Lipinski definition) is 4. The topological polar surface area (TPSA) is 70.8 Å². The van der Waals surface area contributed by atoms with Crippen LogP contribution in [0.2, 0.25) is 0 Å². The number of amides is 1. The number of hydrogen-bond donors (Lipinski definition) is 1. The molecule has 0 atom stereocenters. The Morgan fingerprint density at radius 2 is 1.67 bits per heavy atom. The third-order valence-corrected chi connectivity index (χ3v) is 3.59. The van der Waals surface area contributed by atoms with Crippen molar-refractivity contribution >= 4 is 14.7 Å². The van der Waals surface area contributed by atoms with Gasteiger partial charge in [0.15, 0.2) is 0 Å². The van der Waals surface area contributed by atoms with Crippen molar-refractivity contribution in [3.8, 4) is 0 Å². The molecule has 0 aromatic carbocycles. The molecule has 0 heterocycles. The highest BCUT2D eigenvalue weighted by Crippen LogP contribution is 2.06. The molecule has 6 heteroatoms. The van der Waals surface area contributed by atoms with Gasteiger partial charge in [0, 0.05) is 27.4 Å². The van der Waals surface area contributed by atoms with Crippen LogP contribution in [0.4, 0.5) is 0 Å². The number of rotatable bonds is 5. The van der Waals surface area contributed by atoms with Crippen molar-refractivity contribution in [3.63, 3.8) is 0 Å². The first kappa shape index (κ1) is 11.3. The molecular weight excluding hydrogens is 178 g/mol. The van der Waals surface area contributed by atoms with Gasteiger partial charge in [0.2, 0.25) is 5.91 Å². The van der Waals surface area contributed by atoms with Crippen LogP contribution in [0.3, 0.4) is 0 Å². The molecule has 12 heavy (non-hydrogen) atoms. The molecule has 0 spiro atoms. The van der Waals surface area contributed by atoms with E-state index in [1.54, 1.807) is 0 Å². The Labute approximate surface area is 72.5 Å². The summed E-state index contributed by atoms with van der Waals surface area (Å²) in [6, 6.07) is 0. The van der Waals surface area contributed by atoms with Crippen LogP contribution >= 0.6 is 0 Å². The molecule has 0 aliphatic carbocycles. The number of nitrogens with two attached hydrogens (primary N) is 1. The van der Waals surface area contributed by atoms with Crippen molar-refractivity contribution in [3.05, 3.63) is 11.8 Å². The van der Waals surface area contributed by atoms with Crippen LogP contribution in [0.5, 0.6) is 0 Å². The van der Waals surface area contributed by atoms with Gasteiger partial charge in [0.05, 0.1) is 0 Å². The molecule has 0 radical (unpaired) electrons. The van der Waals surface area contributed by atoms with Crippen LogP contribution in [0.15, 0.2) is 11.8 Å². The van der Waals surface area contributed by atoms with E-state index in [0.29, 0.717) is 0 Å². The normalized spacial score (nSPS) is 12.2. The van der Waals surface area contributed by atoms with Gasteiger partial charge in [-0.05, 0) is 5.70 Å². The summed E-state index contributed by atoms with van der Waals surface area (Å²) in [6.07, 6.45) is 1.17. The van der Waals surface area contributed by atoms with Crippen LogP contribution in [-0.2, 0) is 18.1 Å². The first-order chi connectivity index (χ1) is 5.60. The van der Waals surface area contributed by atoms with Gasteiger partial charge < -0.3 is 19.0 Å². The first-order valence-electron chi connectivity index (χ1n) is 3.24. The van der Waals surface area contributed by atoms with E-state index < -0.39 is 14.7 Å². The predicted octanol–water partition coefficient (Wildman–Crippen LogP) is -0.555. The van der Waals surface area contributed by atoms with Gasteiger partial charge >= 0.3 is 8.80 Å². The smallest absolute Gasteiger partial charge is 0.374 e. The van der Waals surface area contributed by atoms with Crippen LogP contribution in [0.25, 0.3) is 0 Å². The molecule has 0 aliphatic rings. The van der Waals surface area contributed by atoms with Crippen LogP contribution in [-0.4, -0.2) is 36.0 Å². The zero-order chi connectivity index (χ0) is 9.61. The molecule has 0 aliphatic heterocycles. The largest absolute Gasteiger partial charge is 0.529 e. The number of carbonyl (C=O) groups is 1. The monoisotopic (exact) mass is 191 g/mol. The molecule has 0 bridgehead atoms. The van der Waals surface area contributed by atoms with Crippen molar-refractivity contribution in [2.45, 2.75) is 0 Å². The van der Waals surface area contributed by atoms with Crippen LogP contribution in [0, 0.1) is 0 Å². The molecule has 0 saturated heterocycles. The van der Waals surface area contributed by atoms with Gasteiger partial charge in [0.1, 0.15) is 0 Å². The fourth-order valence-corrected chi connectivity index (χ4v) is 1.91. The molecule has 0 aromatic rings. The van der Waals surface area contributed by atoms with Crippen molar-refractivity contribution in [2.24, 2.45) is 5.73 Å². The predicted molar refractivity (Wildman–Crippen MR) is 45.1 cm³/mol. The van der Waals surface area contributed by atoms with Gasteiger partial charge in [-0.1, -0.05) is 0 Å². The van der Waals surface area contributed by atoms with E-state index in [0.717, 1.165) is 0 Å². The Balaban J connectivity index is 4.39. The summed E-state index contributed by atoms with van der Waals surface area (Å²) < 4.78 is 15.0. The molecule has 0 saturated carbocycles. The Bertz CT molecular complexity index is 170. The molecule has 2 N–H and O–H groups in total. The number of carbonyl (C=O) groups excluding carboxylic acids is 1. The van der Waals surface area contributed by atoms with E-state index in [1.807, 2.05) is 0 Å². The average Bonchev–Trinajstić information content (AvgIpc) is 2.08. The maximum absolute atomic E-state index is 10.4. The van der Waals surface area contributed by atoms with Gasteiger partial charge in [-0.25, -0.2) is 0 Å². The molecule has 0 unspecified atom stereocenters. The molecule has 0 fully saturated rings. The van der Waals surface area contributed by atoms with E-state index in [9.17, 15) is 4.79 Å². The highest BCUT2D eigenvalue weighted by Gasteiger charge is 2.34. The Hall–Kier alpha value is -0.693. The lowest BCUT2D eigenvalue weighted by Gasteiger charge is -2.19. The summed E-state index contributed by atoms with van der Waals surface area (Å²) >= 11 is 0. The van der Waals surface area contributed by atoms with Crippen LogP contribution in [0.1, 0.15) is 0 Å². The van der Waals surface area contributed by atoms with Gasteiger partial charge in [0.25, 0.3) is 0 Å². The lowest BCUT2D eigenvalue weighted by atomic mass is 10.6. The third kappa shape index (κ3) is 3.14. The fraction of sp³-hybridized carbons (Fsp3) is 0.500. The third-order valence-electron chi connectivity index (χ3n) is 1.31. The molecular formula is C6H13NO4Si. The Morgan fingerprint density at radius 3 is 1.92 bits per heavy atom. The van der Waals surface area contributed by atoms with Crippen LogP contribution < -0.4 is 5.73 Å². The van der Waals surface area contributed by atoms with E-state index >= 15 is 0 Å². The second-order valence-electron chi connectivity index (χ2n) is 1.95. The number of primary amides is 1. The van der Waals surface area contributed by atoms with Crippen molar-refractivity contribution in [2.75, 3.05) is 21.3 Å². The zero-order valence-electron chi connectivity index (χ0n) is 7.37. The van der Waals surface area contributed by atoms with E-state index in [1.165, 1.54) is 33.1 Å². The summed E-state index contributed by atoms with van der Waals surface area (Å²) in [4.78, 5) is 10.4. The quantitative estimate of drug-likeness (QED) is 0.467. The molecule has 70 valence electrons. The Morgan fingerprint density at radius 1 is 1.25 bits per heavy atom. The summed E-state index contributed by atoms with van der Waals surface area (Å²) in [5, 5.41) is 0. The standard InChI is InChI=1S/C6H13NO4Si/c1-9-12(10-2,11-3)5-4-6(7)8/h4-5H,1-3H3,(H2,7,8). The van der Waals surface area contributed by atoms with Crippen molar-refractivity contribution in [1.29, 1.82) is 0 Å². The van der Waals surface area contributed by atoms with Gasteiger partial charge in [-0.3, -0.25) is 4.79 Å². The average molecular weight is 191 g/mol. The lowest BCUT2D eigenvalue weighted by Crippen LogP contribution is -2.41. The fourth-order valence-electron chi connectivity index (χ4n) is 0.638. The van der Waals surface area contributed by atoms with Crippen molar-refractivity contribution in [1.82, 2.24) is 0 Å². The highest BCUT2D eigenvalue weighted by molar-refractivity contribution is 6.66. The highest BCUT2D eigenvalue weighted by atomic mass is 28.4. The van der Waals surface area contributed by atoms with Crippen molar-refractivity contribution < 1.29 is 18.1 Å². The van der Waals surface area contributed by atoms with E-state index in [4.69, 9.17) is 19.0 Å². The van der Waals surface area contributed by atoms with E-state index in [2.05, 4.69) is 0 Å². The Kier molecular flexibility index (Phi) is 4.75. The summed E-state index contributed by atoms with van der Waals surface area (Å²) in [5.41, 5.74) is 6.32. The molecule has 0 rings (SSSR count). The minimum Gasteiger partial charge on any atom is -0.374 e. The minimum absolute atomic E-state index is 0.557. The molecule has 5 nitrogen and oxygen atoms in total. The first-order valence-corrected chi connectivity index (χ1v) is 5.04. The maximum Gasteiger partial charge on any atom is 0.529 e. The zero-order valence-corrected chi connectivity index (χ0v) is 8.37. The van der Waals surface area contributed by atoms with E-state index in [-0.39, 0.29) is 0 Å². The molecule has 1 amide bonds. The lowest BCUT2D eigenvalue weighted by molar-refractivity contribution is -0.113. The maximum atomic E-state index is 10.4. The summed E-state index contributed by atoms with van der Waals surface area (Å²) in [5.74, 6) is -0.557.